The lowest BCUT2D eigenvalue weighted by atomic mass is 10.1. The van der Waals surface area contributed by atoms with Crippen molar-refractivity contribution < 1.29 is 13.2 Å². The molecule has 2 aromatic rings. The number of primary amides is 1. The van der Waals surface area contributed by atoms with Gasteiger partial charge in [0.15, 0.2) is 9.84 Å². The molecule has 3 rings (SSSR count). The highest BCUT2D eigenvalue weighted by Crippen LogP contribution is 2.26. The maximum Gasteiger partial charge on any atom is 0.248 e. The van der Waals surface area contributed by atoms with Crippen molar-refractivity contribution in [2.45, 2.75) is 4.90 Å². The van der Waals surface area contributed by atoms with E-state index >= 15 is 0 Å². The van der Waals surface area contributed by atoms with Crippen LogP contribution in [0.5, 0.6) is 0 Å². The van der Waals surface area contributed by atoms with Gasteiger partial charge in [0, 0.05) is 49.0 Å². The van der Waals surface area contributed by atoms with Gasteiger partial charge in [-0.25, -0.2) is 8.42 Å². The molecule has 0 aliphatic carbocycles. The number of rotatable bonds is 6. The first-order chi connectivity index (χ1) is 13.3. The van der Waals surface area contributed by atoms with Crippen molar-refractivity contribution in [3.63, 3.8) is 0 Å². The second-order valence-corrected chi connectivity index (χ2v) is 9.55. The molecule has 0 aromatic heterocycles. The van der Waals surface area contributed by atoms with Gasteiger partial charge < -0.3 is 10.6 Å². The molecular weight excluding hydrogens is 421 g/mol. The fraction of sp³-hybridized carbons (Fsp3) is 0.316. The highest BCUT2D eigenvalue weighted by atomic mass is 35.5. The third-order valence-corrected chi connectivity index (χ3v) is 7.20. The molecule has 28 heavy (non-hydrogen) atoms. The number of carbonyl (C=O) groups excluding carboxylic acids is 1. The van der Waals surface area contributed by atoms with E-state index in [-0.39, 0.29) is 15.7 Å². The van der Waals surface area contributed by atoms with Crippen LogP contribution in [0.2, 0.25) is 10.0 Å². The van der Waals surface area contributed by atoms with E-state index in [1.54, 1.807) is 18.2 Å². The van der Waals surface area contributed by atoms with Gasteiger partial charge in [0.25, 0.3) is 0 Å². The second kappa shape index (κ2) is 8.69. The first-order valence-electron chi connectivity index (χ1n) is 8.81. The Morgan fingerprint density at radius 2 is 1.64 bits per heavy atom. The van der Waals surface area contributed by atoms with E-state index in [1.165, 1.54) is 12.1 Å². The summed E-state index contributed by atoms with van der Waals surface area (Å²) >= 11 is 11.9. The van der Waals surface area contributed by atoms with Crippen LogP contribution in [0.1, 0.15) is 10.4 Å². The van der Waals surface area contributed by atoms with Gasteiger partial charge >= 0.3 is 0 Å². The van der Waals surface area contributed by atoms with Crippen LogP contribution < -0.4 is 10.6 Å². The molecule has 2 N–H and O–H groups in total. The molecular formula is C19H21Cl2N3O3S. The first kappa shape index (κ1) is 20.9. The number of piperazine rings is 1. The van der Waals surface area contributed by atoms with Crippen molar-refractivity contribution in [3.05, 3.63) is 58.1 Å². The van der Waals surface area contributed by atoms with Crippen LogP contribution in [0, 0.1) is 0 Å². The standard InChI is InChI=1S/C19H21Cl2N3O3S/c20-15-3-6-17(21)18(13-15)28(26,27)12-11-23-7-9-24(10-8-23)16-4-1-14(2-5-16)19(22)25/h1-6,13H,7-12H2,(H2,22,25). The second-order valence-electron chi connectivity index (χ2n) is 6.63. The van der Waals surface area contributed by atoms with Crippen LogP contribution in [-0.4, -0.2) is 57.7 Å². The zero-order valence-corrected chi connectivity index (χ0v) is 17.5. The highest BCUT2D eigenvalue weighted by Gasteiger charge is 2.22. The van der Waals surface area contributed by atoms with E-state index in [1.807, 2.05) is 12.1 Å². The van der Waals surface area contributed by atoms with Gasteiger partial charge in [-0.05, 0) is 42.5 Å². The largest absolute Gasteiger partial charge is 0.369 e. The van der Waals surface area contributed by atoms with E-state index in [2.05, 4.69) is 9.80 Å². The SMILES string of the molecule is NC(=O)c1ccc(N2CCN(CCS(=O)(=O)c3cc(Cl)ccc3Cl)CC2)cc1. The van der Waals surface area contributed by atoms with Crippen LogP contribution in [0.4, 0.5) is 5.69 Å². The lowest BCUT2D eigenvalue weighted by Crippen LogP contribution is -2.47. The summed E-state index contributed by atoms with van der Waals surface area (Å²) in [4.78, 5) is 15.6. The molecule has 150 valence electrons. The van der Waals surface area contributed by atoms with Gasteiger partial charge in [0.1, 0.15) is 0 Å². The number of benzene rings is 2. The summed E-state index contributed by atoms with van der Waals surface area (Å²) in [6, 6.07) is 11.6. The smallest absolute Gasteiger partial charge is 0.248 e. The van der Waals surface area contributed by atoms with Crippen LogP contribution in [0.3, 0.4) is 0 Å². The molecule has 2 aromatic carbocycles. The fourth-order valence-corrected chi connectivity index (χ4v) is 5.24. The number of hydrogen-bond acceptors (Lipinski definition) is 5. The van der Waals surface area contributed by atoms with E-state index in [9.17, 15) is 13.2 Å². The van der Waals surface area contributed by atoms with Crippen LogP contribution >= 0.6 is 23.2 Å². The molecule has 1 heterocycles. The Bertz CT molecular complexity index is 957. The number of nitrogens with zero attached hydrogens (tertiary/aromatic N) is 2. The van der Waals surface area contributed by atoms with E-state index in [4.69, 9.17) is 28.9 Å². The maximum absolute atomic E-state index is 12.6. The van der Waals surface area contributed by atoms with Gasteiger partial charge in [0.05, 0.1) is 15.7 Å². The monoisotopic (exact) mass is 441 g/mol. The first-order valence-corrected chi connectivity index (χ1v) is 11.2. The van der Waals surface area contributed by atoms with E-state index in [0.717, 1.165) is 31.9 Å². The molecule has 0 radical (unpaired) electrons. The lowest BCUT2D eigenvalue weighted by molar-refractivity contribution is 0.100. The number of carbonyl (C=O) groups is 1. The summed E-state index contributed by atoms with van der Waals surface area (Å²) in [5.41, 5.74) is 6.76. The molecule has 0 unspecified atom stereocenters. The van der Waals surface area contributed by atoms with Gasteiger partial charge in [0.2, 0.25) is 5.91 Å². The van der Waals surface area contributed by atoms with Gasteiger partial charge in [-0.2, -0.15) is 0 Å². The quantitative estimate of drug-likeness (QED) is 0.744. The Balaban J connectivity index is 1.55. The average Bonchev–Trinajstić information content (AvgIpc) is 2.69. The van der Waals surface area contributed by atoms with E-state index in [0.29, 0.717) is 17.1 Å². The third-order valence-electron chi connectivity index (χ3n) is 4.79. The lowest BCUT2D eigenvalue weighted by Gasteiger charge is -2.36. The summed E-state index contributed by atoms with van der Waals surface area (Å²) in [5.74, 6) is -0.460. The zero-order chi connectivity index (χ0) is 20.3. The number of sulfone groups is 1. The Kier molecular flexibility index (Phi) is 6.50. The maximum atomic E-state index is 12.6. The predicted octanol–water partition coefficient (Wildman–Crippen LogP) is 2.69. The molecule has 1 aliphatic heterocycles. The number of hydrogen-bond donors (Lipinski definition) is 1. The summed E-state index contributed by atoms with van der Waals surface area (Å²) in [7, 11) is -3.51. The minimum Gasteiger partial charge on any atom is -0.369 e. The van der Waals surface area contributed by atoms with Gasteiger partial charge in [-0.1, -0.05) is 23.2 Å². The Hall–Kier alpha value is -1.80. The highest BCUT2D eigenvalue weighted by molar-refractivity contribution is 7.91. The minimum absolute atomic E-state index is 0.0135. The number of amides is 1. The van der Waals surface area contributed by atoms with Crippen LogP contribution in [0.25, 0.3) is 0 Å². The molecule has 9 heteroatoms. The van der Waals surface area contributed by atoms with Crippen molar-refractivity contribution in [3.8, 4) is 0 Å². The minimum atomic E-state index is -3.51. The normalized spacial score (nSPS) is 15.6. The fourth-order valence-electron chi connectivity index (χ4n) is 3.14. The molecule has 1 aliphatic rings. The molecule has 1 fully saturated rings. The van der Waals surface area contributed by atoms with Crippen LogP contribution in [0.15, 0.2) is 47.4 Å². The number of nitrogens with two attached hydrogens (primary N) is 1. The molecule has 0 bridgehead atoms. The molecule has 0 spiro atoms. The number of anilines is 1. The molecule has 1 amide bonds. The molecule has 0 atom stereocenters. The zero-order valence-electron chi connectivity index (χ0n) is 15.1. The Morgan fingerprint density at radius 1 is 1.00 bits per heavy atom. The molecule has 0 saturated carbocycles. The third kappa shape index (κ3) is 4.97. The van der Waals surface area contributed by atoms with Crippen molar-refractivity contribution in [1.29, 1.82) is 0 Å². The van der Waals surface area contributed by atoms with Gasteiger partial charge in [-0.15, -0.1) is 0 Å². The molecule has 1 saturated heterocycles. The molecule has 6 nitrogen and oxygen atoms in total. The van der Waals surface area contributed by atoms with Crippen molar-refractivity contribution in [1.82, 2.24) is 4.90 Å². The Morgan fingerprint density at radius 3 is 2.25 bits per heavy atom. The van der Waals surface area contributed by atoms with Crippen molar-refractivity contribution in [2.75, 3.05) is 43.4 Å². The summed E-state index contributed by atoms with van der Waals surface area (Å²) in [5, 5.41) is 0.535. The summed E-state index contributed by atoms with van der Waals surface area (Å²) in [6.07, 6.45) is 0. The number of halogens is 2. The van der Waals surface area contributed by atoms with Crippen molar-refractivity contribution in [2.24, 2.45) is 5.73 Å². The van der Waals surface area contributed by atoms with E-state index < -0.39 is 15.7 Å². The van der Waals surface area contributed by atoms with Crippen LogP contribution in [-0.2, 0) is 9.84 Å². The Labute approximate surface area is 174 Å². The van der Waals surface area contributed by atoms with Crippen molar-refractivity contribution >= 4 is 44.6 Å². The summed E-state index contributed by atoms with van der Waals surface area (Å²) in [6.45, 7) is 3.47. The predicted molar refractivity (Wildman–Crippen MR) is 112 cm³/mol. The van der Waals surface area contributed by atoms with Gasteiger partial charge in [-0.3, -0.25) is 9.69 Å². The average molecular weight is 442 g/mol. The summed E-state index contributed by atoms with van der Waals surface area (Å²) < 4.78 is 25.2. The topological polar surface area (TPSA) is 83.7 Å².